The van der Waals surface area contributed by atoms with Crippen LogP contribution >= 0.6 is 11.6 Å². The second-order valence-corrected chi connectivity index (χ2v) is 9.73. The van der Waals surface area contributed by atoms with Gasteiger partial charge in [-0.3, -0.25) is 9.59 Å². The van der Waals surface area contributed by atoms with Crippen molar-refractivity contribution in [1.29, 1.82) is 0 Å². The summed E-state index contributed by atoms with van der Waals surface area (Å²) in [7, 11) is 0. The second-order valence-electron chi connectivity index (χ2n) is 9.30. The van der Waals surface area contributed by atoms with Gasteiger partial charge in [0.15, 0.2) is 0 Å². The van der Waals surface area contributed by atoms with Gasteiger partial charge in [0, 0.05) is 23.2 Å². The lowest BCUT2D eigenvalue weighted by Crippen LogP contribution is -2.48. The quantitative estimate of drug-likeness (QED) is 0.353. The standard InChI is InChI=1S/C29H33ClN2O3/c1-22-12-17-27(35-22)20-31(19-18-23-8-4-2-5-9-23)28(33)21-32(26-10-6-3-7-11-26)29(34)24-13-15-25(30)16-14-24/h2,4-5,8-9,12-17,26H,3,6-7,10-11,18-21H2,1H3. The molecule has 0 atom stereocenters. The van der Waals surface area contributed by atoms with E-state index in [0.29, 0.717) is 23.7 Å². The van der Waals surface area contributed by atoms with E-state index in [-0.39, 0.29) is 24.4 Å². The van der Waals surface area contributed by atoms with Crippen LogP contribution in [0.15, 0.2) is 71.1 Å². The minimum atomic E-state index is -0.112. The molecule has 1 aliphatic carbocycles. The van der Waals surface area contributed by atoms with E-state index in [1.807, 2.05) is 42.2 Å². The van der Waals surface area contributed by atoms with Gasteiger partial charge < -0.3 is 14.2 Å². The van der Waals surface area contributed by atoms with E-state index in [4.69, 9.17) is 16.0 Å². The first-order chi connectivity index (χ1) is 17.0. The van der Waals surface area contributed by atoms with Gasteiger partial charge in [-0.15, -0.1) is 0 Å². The van der Waals surface area contributed by atoms with Crippen molar-refractivity contribution < 1.29 is 14.0 Å². The Hall–Kier alpha value is -3.05. The molecule has 4 rings (SSSR count). The van der Waals surface area contributed by atoms with E-state index in [1.54, 1.807) is 29.2 Å². The van der Waals surface area contributed by atoms with E-state index in [2.05, 4.69) is 12.1 Å². The predicted octanol–water partition coefficient (Wildman–Crippen LogP) is 6.29. The van der Waals surface area contributed by atoms with Crippen LogP contribution in [-0.4, -0.2) is 40.7 Å². The number of aryl methyl sites for hydroxylation is 1. The molecule has 1 aliphatic rings. The van der Waals surface area contributed by atoms with E-state index in [0.717, 1.165) is 43.6 Å². The fraction of sp³-hybridized carbons (Fsp3) is 0.379. The Morgan fingerprint density at radius 1 is 0.943 bits per heavy atom. The number of rotatable bonds is 9. The third-order valence-corrected chi connectivity index (χ3v) is 6.93. The smallest absolute Gasteiger partial charge is 0.254 e. The van der Waals surface area contributed by atoms with Crippen molar-refractivity contribution in [1.82, 2.24) is 9.80 Å². The molecular formula is C29H33ClN2O3. The summed E-state index contributed by atoms with van der Waals surface area (Å²) >= 11 is 6.04. The highest BCUT2D eigenvalue weighted by Gasteiger charge is 2.30. The van der Waals surface area contributed by atoms with Gasteiger partial charge in [-0.2, -0.15) is 0 Å². The first kappa shape index (κ1) is 25.1. The minimum absolute atomic E-state index is 0.0562. The zero-order chi connectivity index (χ0) is 24.6. The van der Waals surface area contributed by atoms with Gasteiger partial charge in [-0.25, -0.2) is 0 Å². The summed E-state index contributed by atoms with van der Waals surface area (Å²) in [6.45, 7) is 2.89. The summed E-state index contributed by atoms with van der Waals surface area (Å²) in [5.74, 6) is 1.39. The molecule has 1 heterocycles. The molecular weight excluding hydrogens is 460 g/mol. The van der Waals surface area contributed by atoms with Gasteiger partial charge in [-0.05, 0) is 68.1 Å². The summed E-state index contributed by atoms with van der Waals surface area (Å²) in [5, 5.41) is 0.586. The van der Waals surface area contributed by atoms with Gasteiger partial charge in [-0.1, -0.05) is 61.2 Å². The van der Waals surface area contributed by atoms with Gasteiger partial charge in [0.05, 0.1) is 6.54 Å². The topological polar surface area (TPSA) is 53.8 Å². The Kier molecular flexibility index (Phi) is 8.64. The van der Waals surface area contributed by atoms with E-state index in [1.165, 1.54) is 12.0 Å². The summed E-state index contributed by atoms with van der Waals surface area (Å²) in [6.07, 6.45) is 5.91. The van der Waals surface area contributed by atoms with Gasteiger partial charge in [0.1, 0.15) is 18.1 Å². The fourth-order valence-corrected chi connectivity index (χ4v) is 4.85. The molecule has 0 radical (unpaired) electrons. The molecule has 6 heteroatoms. The number of hydrogen-bond donors (Lipinski definition) is 0. The first-order valence-electron chi connectivity index (χ1n) is 12.4. The Bertz CT molecular complexity index is 1100. The summed E-state index contributed by atoms with van der Waals surface area (Å²) in [6, 6.07) is 21.0. The van der Waals surface area contributed by atoms with Crippen LogP contribution in [0.25, 0.3) is 0 Å². The number of nitrogens with zero attached hydrogens (tertiary/aromatic N) is 2. The van der Waals surface area contributed by atoms with Gasteiger partial charge in [0.2, 0.25) is 5.91 Å². The van der Waals surface area contributed by atoms with Crippen molar-refractivity contribution in [3.63, 3.8) is 0 Å². The molecule has 3 aromatic rings. The van der Waals surface area contributed by atoms with E-state index in [9.17, 15) is 9.59 Å². The molecule has 0 bridgehead atoms. The van der Waals surface area contributed by atoms with Crippen molar-refractivity contribution in [3.05, 3.63) is 94.4 Å². The van der Waals surface area contributed by atoms with Crippen molar-refractivity contribution in [2.24, 2.45) is 0 Å². The average Bonchev–Trinajstić information content (AvgIpc) is 3.30. The molecule has 0 aliphatic heterocycles. The van der Waals surface area contributed by atoms with Crippen LogP contribution in [0.4, 0.5) is 0 Å². The summed E-state index contributed by atoms with van der Waals surface area (Å²) < 4.78 is 5.78. The van der Waals surface area contributed by atoms with Crippen LogP contribution in [0.3, 0.4) is 0 Å². The number of amides is 2. The van der Waals surface area contributed by atoms with Crippen LogP contribution in [0.1, 0.15) is 59.5 Å². The van der Waals surface area contributed by atoms with Crippen molar-refractivity contribution >= 4 is 23.4 Å². The maximum absolute atomic E-state index is 13.7. The van der Waals surface area contributed by atoms with Crippen LogP contribution in [0.2, 0.25) is 5.02 Å². The average molecular weight is 493 g/mol. The molecule has 1 aromatic heterocycles. The Morgan fingerprint density at radius 2 is 1.66 bits per heavy atom. The summed E-state index contributed by atoms with van der Waals surface area (Å²) in [4.78, 5) is 30.8. The van der Waals surface area contributed by atoms with Crippen LogP contribution < -0.4 is 0 Å². The number of furan rings is 1. The number of carbonyl (C=O) groups excluding carboxylic acids is 2. The van der Waals surface area contributed by atoms with Crippen LogP contribution in [0, 0.1) is 6.92 Å². The number of halogens is 1. The molecule has 184 valence electrons. The maximum Gasteiger partial charge on any atom is 0.254 e. The fourth-order valence-electron chi connectivity index (χ4n) is 4.72. The molecule has 35 heavy (non-hydrogen) atoms. The van der Waals surface area contributed by atoms with E-state index < -0.39 is 0 Å². The molecule has 0 N–H and O–H groups in total. The predicted molar refractivity (Wildman–Crippen MR) is 138 cm³/mol. The van der Waals surface area contributed by atoms with Crippen LogP contribution in [-0.2, 0) is 17.8 Å². The number of benzene rings is 2. The first-order valence-corrected chi connectivity index (χ1v) is 12.8. The molecule has 2 aromatic carbocycles. The lowest BCUT2D eigenvalue weighted by Gasteiger charge is -2.35. The van der Waals surface area contributed by atoms with Crippen molar-refractivity contribution in [2.45, 2.75) is 58.0 Å². The van der Waals surface area contributed by atoms with Crippen LogP contribution in [0.5, 0.6) is 0 Å². The number of hydrogen-bond acceptors (Lipinski definition) is 3. The zero-order valence-electron chi connectivity index (χ0n) is 20.3. The molecule has 1 fully saturated rings. The monoisotopic (exact) mass is 492 g/mol. The van der Waals surface area contributed by atoms with Gasteiger partial charge >= 0.3 is 0 Å². The third-order valence-electron chi connectivity index (χ3n) is 6.68. The molecule has 0 spiro atoms. The zero-order valence-corrected chi connectivity index (χ0v) is 21.0. The van der Waals surface area contributed by atoms with E-state index >= 15 is 0 Å². The third kappa shape index (κ3) is 6.98. The molecule has 5 nitrogen and oxygen atoms in total. The maximum atomic E-state index is 13.7. The highest BCUT2D eigenvalue weighted by molar-refractivity contribution is 6.30. The Morgan fingerprint density at radius 3 is 2.31 bits per heavy atom. The lowest BCUT2D eigenvalue weighted by molar-refractivity contribution is -0.133. The second kappa shape index (κ2) is 12.1. The normalized spacial score (nSPS) is 14.0. The highest BCUT2D eigenvalue weighted by atomic mass is 35.5. The highest BCUT2D eigenvalue weighted by Crippen LogP contribution is 2.25. The summed E-state index contributed by atoms with van der Waals surface area (Å²) in [5.41, 5.74) is 1.73. The SMILES string of the molecule is Cc1ccc(CN(CCc2ccccc2)C(=O)CN(C(=O)c2ccc(Cl)cc2)C2CCCCC2)o1. The van der Waals surface area contributed by atoms with Crippen molar-refractivity contribution in [3.8, 4) is 0 Å². The minimum Gasteiger partial charge on any atom is -0.464 e. The Balaban J connectivity index is 1.54. The molecule has 2 amide bonds. The lowest BCUT2D eigenvalue weighted by atomic mass is 9.93. The molecule has 0 saturated heterocycles. The molecule has 1 saturated carbocycles. The van der Waals surface area contributed by atoms with Gasteiger partial charge in [0.25, 0.3) is 5.91 Å². The largest absolute Gasteiger partial charge is 0.464 e. The van der Waals surface area contributed by atoms with Crippen molar-refractivity contribution in [2.75, 3.05) is 13.1 Å². The molecule has 0 unspecified atom stereocenters. The Labute approximate surface area is 212 Å². The number of carbonyl (C=O) groups is 2.